The van der Waals surface area contributed by atoms with Crippen molar-refractivity contribution in [1.82, 2.24) is 0 Å². The largest absolute Gasteiger partial charge is 0.555 e. The minimum Gasteiger partial charge on any atom is -0.555 e. The lowest BCUT2D eigenvalue weighted by Crippen LogP contribution is -2.21. The number of benzene rings is 4. The Labute approximate surface area is 201 Å². The molecule has 2 aliphatic rings. The first-order valence-corrected chi connectivity index (χ1v) is 11.9. The summed E-state index contributed by atoms with van der Waals surface area (Å²) in [6.45, 7) is 0.0198. The molecule has 4 aromatic carbocycles. The molecule has 0 amide bonds. The predicted molar refractivity (Wildman–Crippen MR) is 146 cm³/mol. The summed E-state index contributed by atoms with van der Waals surface area (Å²) in [5.41, 5.74) is 2.17. The highest BCUT2D eigenvalue weighted by atomic mass is 16.4. The minimum absolute atomic E-state index is 0.00988. The summed E-state index contributed by atoms with van der Waals surface area (Å²) in [4.78, 5) is 0. The molecule has 0 radical (unpaired) electrons. The second-order valence-corrected chi connectivity index (χ2v) is 8.73. The quantitative estimate of drug-likeness (QED) is 0.297. The fourth-order valence-electron chi connectivity index (χ4n) is 4.83. The maximum atomic E-state index is 6.62. The normalized spacial score (nSPS) is 14.8. The Hall–Kier alpha value is -3.91. The van der Waals surface area contributed by atoms with Gasteiger partial charge in [0.15, 0.2) is 0 Å². The van der Waals surface area contributed by atoms with Crippen LogP contribution < -0.4 is 9.31 Å². The Morgan fingerprint density at radius 2 is 0.971 bits per heavy atom. The summed E-state index contributed by atoms with van der Waals surface area (Å²) in [7, 11) is 0. The summed E-state index contributed by atoms with van der Waals surface area (Å²) in [6.07, 6.45) is 14.3. The third-order valence-electron chi connectivity index (χ3n) is 6.47. The van der Waals surface area contributed by atoms with E-state index in [2.05, 4.69) is 121 Å². The second kappa shape index (κ2) is 9.15. The van der Waals surface area contributed by atoms with Crippen molar-refractivity contribution in [3.63, 3.8) is 0 Å². The third-order valence-corrected chi connectivity index (χ3v) is 6.47. The molecule has 0 spiro atoms. The zero-order chi connectivity index (χ0) is 22.7. The molecule has 0 aliphatic carbocycles. The number of rotatable bonds is 5. The molecule has 0 N–H and O–H groups in total. The molecule has 2 nitrogen and oxygen atoms in total. The zero-order valence-corrected chi connectivity index (χ0v) is 18.9. The van der Waals surface area contributed by atoms with Crippen molar-refractivity contribution < 1.29 is 9.31 Å². The number of allylic oxidation sites excluding steroid dienone is 6. The summed E-state index contributed by atoms with van der Waals surface area (Å²) in [5.74, 6) is 6.00. The smallest absolute Gasteiger partial charge is 0.388 e. The van der Waals surface area contributed by atoms with Crippen LogP contribution >= 0.6 is 0 Å². The minimum atomic E-state index is 0.00988. The van der Waals surface area contributed by atoms with E-state index < -0.39 is 0 Å². The van der Waals surface area contributed by atoms with E-state index in [-0.39, 0.29) is 13.8 Å². The van der Waals surface area contributed by atoms with Crippen LogP contribution in [0.25, 0.3) is 32.7 Å². The van der Waals surface area contributed by atoms with Crippen molar-refractivity contribution in [2.75, 3.05) is 0 Å². The van der Waals surface area contributed by atoms with Crippen LogP contribution in [-0.2, 0) is 0 Å². The Balaban J connectivity index is 1.59. The van der Waals surface area contributed by atoms with Gasteiger partial charge in [0.25, 0.3) is 0 Å². The van der Waals surface area contributed by atoms with Gasteiger partial charge in [-0.25, -0.2) is 0 Å². The van der Waals surface area contributed by atoms with E-state index in [0.717, 1.165) is 46.0 Å². The van der Waals surface area contributed by atoms with Gasteiger partial charge in [-0.2, -0.15) is 0 Å². The summed E-state index contributed by atoms with van der Waals surface area (Å²) >= 11 is 0. The molecule has 0 fully saturated rings. The molecule has 34 heavy (non-hydrogen) atoms. The van der Waals surface area contributed by atoms with Gasteiger partial charge in [0.05, 0.1) is 0 Å². The van der Waals surface area contributed by atoms with Crippen molar-refractivity contribution in [2.24, 2.45) is 0 Å². The van der Waals surface area contributed by atoms with Gasteiger partial charge in [-0.05, 0) is 46.3 Å². The molecular formula is C30H24B2O2. The molecule has 0 bridgehead atoms. The molecule has 2 aliphatic heterocycles. The lowest BCUT2D eigenvalue weighted by molar-refractivity contribution is 0.575. The lowest BCUT2D eigenvalue weighted by atomic mass is 9.62. The molecule has 162 valence electrons. The monoisotopic (exact) mass is 438 g/mol. The van der Waals surface area contributed by atoms with Gasteiger partial charge in [0.2, 0.25) is 0 Å². The topological polar surface area (TPSA) is 18.5 Å². The Kier molecular flexibility index (Phi) is 5.56. The van der Waals surface area contributed by atoms with Crippen molar-refractivity contribution in [2.45, 2.75) is 12.6 Å². The highest BCUT2D eigenvalue weighted by molar-refractivity contribution is 6.60. The zero-order valence-electron chi connectivity index (χ0n) is 18.9. The number of hydrogen-bond acceptors (Lipinski definition) is 2. The second-order valence-electron chi connectivity index (χ2n) is 8.73. The van der Waals surface area contributed by atoms with E-state index in [0.29, 0.717) is 0 Å². The number of hydrogen-bond donors (Lipinski definition) is 0. The Morgan fingerprint density at radius 3 is 1.41 bits per heavy atom. The molecule has 0 unspecified atom stereocenters. The molecule has 0 saturated heterocycles. The average Bonchev–Trinajstić information content (AvgIpc) is 2.90. The van der Waals surface area contributed by atoms with Gasteiger partial charge in [-0.15, -0.1) is 0 Å². The first-order chi connectivity index (χ1) is 16.9. The van der Waals surface area contributed by atoms with Crippen LogP contribution in [0.3, 0.4) is 0 Å². The van der Waals surface area contributed by atoms with Gasteiger partial charge in [0, 0.05) is 11.1 Å². The average molecular weight is 438 g/mol. The molecule has 4 aromatic rings. The van der Waals surface area contributed by atoms with E-state index in [1.54, 1.807) is 0 Å². The van der Waals surface area contributed by atoms with Crippen molar-refractivity contribution >= 4 is 35.4 Å². The standard InChI is InChI=1S/C30H24B2O2/c1-7-19-31(20-8-1)33-27-17-15-23-11-3-5-13-25(23)29(27)30-26-14-6-4-12-24(26)16-18-28(30)34-32-21-9-2-10-22-32/h1-19,21H,20,22H2. The van der Waals surface area contributed by atoms with Crippen LogP contribution in [0.4, 0.5) is 0 Å². The highest BCUT2D eigenvalue weighted by Gasteiger charge is 2.24. The van der Waals surface area contributed by atoms with Crippen LogP contribution in [-0.4, -0.2) is 13.8 Å². The fourth-order valence-corrected chi connectivity index (χ4v) is 4.83. The first-order valence-electron chi connectivity index (χ1n) is 11.9. The van der Waals surface area contributed by atoms with E-state index in [1.807, 2.05) is 0 Å². The molecule has 0 saturated carbocycles. The summed E-state index contributed by atoms with van der Waals surface area (Å²) < 4.78 is 13.2. The lowest BCUT2D eigenvalue weighted by Gasteiger charge is -2.23. The maximum absolute atomic E-state index is 6.62. The van der Waals surface area contributed by atoms with Crippen LogP contribution in [0.2, 0.25) is 12.6 Å². The van der Waals surface area contributed by atoms with Gasteiger partial charge < -0.3 is 9.31 Å². The Bertz CT molecular complexity index is 1370. The molecule has 0 atom stereocenters. The summed E-state index contributed by atoms with van der Waals surface area (Å²) in [5, 5.41) is 4.69. The predicted octanol–water partition coefficient (Wildman–Crippen LogP) is 7.73. The van der Waals surface area contributed by atoms with Crippen LogP contribution in [0.1, 0.15) is 0 Å². The maximum Gasteiger partial charge on any atom is 0.388 e. The number of fused-ring (bicyclic) bond motifs is 2. The van der Waals surface area contributed by atoms with Crippen molar-refractivity contribution in [3.05, 3.63) is 121 Å². The third kappa shape index (κ3) is 3.97. The van der Waals surface area contributed by atoms with Gasteiger partial charge in [-0.1, -0.05) is 109 Å². The summed E-state index contributed by atoms with van der Waals surface area (Å²) in [6, 6.07) is 25.6. The van der Waals surface area contributed by atoms with Crippen molar-refractivity contribution in [3.8, 4) is 22.6 Å². The van der Waals surface area contributed by atoms with E-state index in [4.69, 9.17) is 9.31 Å². The van der Waals surface area contributed by atoms with Gasteiger partial charge in [0.1, 0.15) is 11.5 Å². The molecule has 4 heteroatoms. The van der Waals surface area contributed by atoms with Crippen molar-refractivity contribution in [1.29, 1.82) is 0 Å². The van der Waals surface area contributed by atoms with E-state index in [1.165, 1.54) is 10.8 Å². The molecule has 2 heterocycles. The van der Waals surface area contributed by atoms with Crippen LogP contribution in [0.15, 0.2) is 121 Å². The van der Waals surface area contributed by atoms with E-state index >= 15 is 0 Å². The molecule has 6 rings (SSSR count). The first kappa shape index (κ1) is 20.7. The van der Waals surface area contributed by atoms with Gasteiger partial charge >= 0.3 is 13.8 Å². The molecular weight excluding hydrogens is 414 g/mol. The van der Waals surface area contributed by atoms with E-state index in [9.17, 15) is 0 Å². The Morgan fingerprint density at radius 1 is 0.500 bits per heavy atom. The fraction of sp³-hybridized carbons (Fsp3) is 0.0667. The van der Waals surface area contributed by atoms with Crippen LogP contribution in [0, 0.1) is 0 Å². The van der Waals surface area contributed by atoms with Crippen LogP contribution in [0.5, 0.6) is 11.5 Å². The molecule has 0 aromatic heterocycles. The highest BCUT2D eigenvalue weighted by Crippen LogP contribution is 2.46. The van der Waals surface area contributed by atoms with Gasteiger partial charge in [-0.3, -0.25) is 0 Å². The SMILES string of the molecule is C1=CCB(Oc2ccc3ccccc3c2-c2c(OB3C=CC=CC3)ccc3ccccc23)C=C1.